The van der Waals surface area contributed by atoms with Gasteiger partial charge in [-0.1, -0.05) is 12.1 Å². The summed E-state index contributed by atoms with van der Waals surface area (Å²) in [4.78, 5) is 15.5. The monoisotopic (exact) mass is 245 g/mol. The van der Waals surface area contributed by atoms with Crippen LogP contribution in [0.25, 0.3) is 10.9 Å². The summed E-state index contributed by atoms with van der Waals surface area (Å²) >= 11 is 0. The Bertz CT molecular complexity index is 553. The maximum Gasteiger partial charge on any atom is 0.308 e. The lowest BCUT2D eigenvalue weighted by Crippen LogP contribution is -2.10. The normalized spacial score (nSPS) is 12.3. The van der Waals surface area contributed by atoms with Crippen LogP contribution in [0.1, 0.15) is 25.0 Å². The Morgan fingerprint density at radius 3 is 3.06 bits per heavy atom. The molecule has 1 atom stereocenters. The smallest absolute Gasteiger partial charge is 0.308 e. The number of benzene rings is 1. The van der Waals surface area contributed by atoms with Gasteiger partial charge in [0.25, 0.3) is 0 Å². The first kappa shape index (κ1) is 12.5. The Morgan fingerprint density at radius 1 is 1.44 bits per heavy atom. The zero-order valence-electron chi connectivity index (χ0n) is 10.2. The molecule has 4 heteroatoms. The van der Waals surface area contributed by atoms with Crippen LogP contribution in [0.15, 0.2) is 36.5 Å². The number of carbonyl (C=O) groups is 1. The van der Waals surface area contributed by atoms with Crippen molar-refractivity contribution in [3.05, 3.63) is 42.1 Å². The maximum absolute atomic E-state index is 11.3. The average molecular weight is 245 g/mol. The number of rotatable bonds is 4. The number of aliphatic hydroxyl groups excluding tert-OH is 1. The largest absolute Gasteiger partial charge is 0.466 e. The third-order valence-corrected chi connectivity index (χ3v) is 2.68. The lowest BCUT2D eigenvalue weighted by atomic mass is 10.0. The van der Waals surface area contributed by atoms with Gasteiger partial charge in [-0.25, -0.2) is 0 Å². The Morgan fingerprint density at radius 2 is 2.28 bits per heavy atom. The van der Waals surface area contributed by atoms with E-state index >= 15 is 0 Å². The standard InChI is InChI=1S/C14H15NO3/c1-2-18-14(17)9-13(16)11-5-6-12-10(8-11)4-3-7-15-12/h3-8,13,16H,2,9H2,1H3. The molecule has 0 fully saturated rings. The van der Waals surface area contributed by atoms with Gasteiger partial charge in [0.05, 0.1) is 24.6 Å². The molecule has 0 bridgehead atoms. The molecule has 0 radical (unpaired) electrons. The van der Waals surface area contributed by atoms with Crippen LogP contribution in [0.3, 0.4) is 0 Å². The van der Waals surface area contributed by atoms with Crippen molar-refractivity contribution in [2.75, 3.05) is 6.61 Å². The second kappa shape index (κ2) is 5.60. The fraction of sp³-hybridized carbons (Fsp3) is 0.286. The number of hydrogen-bond donors (Lipinski definition) is 1. The SMILES string of the molecule is CCOC(=O)CC(O)c1ccc2ncccc2c1. The molecule has 1 aromatic carbocycles. The van der Waals surface area contributed by atoms with Gasteiger partial charge >= 0.3 is 5.97 Å². The van der Waals surface area contributed by atoms with Crippen LogP contribution in [-0.2, 0) is 9.53 Å². The molecule has 2 aromatic rings. The van der Waals surface area contributed by atoms with Gasteiger partial charge in [-0.15, -0.1) is 0 Å². The molecule has 0 aliphatic heterocycles. The molecule has 0 saturated heterocycles. The number of esters is 1. The molecule has 1 unspecified atom stereocenters. The van der Waals surface area contributed by atoms with E-state index < -0.39 is 12.1 Å². The van der Waals surface area contributed by atoms with Crippen LogP contribution in [0, 0.1) is 0 Å². The van der Waals surface area contributed by atoms with Gasteiger partial charge in [0.15, 0.2) is 0 Å². The van der Waals surface area contributed by atoms with E-state index in [0.717, 1.165) is 10.9 Å². The number of hydrogen-bond acceptors (Lipinski definition) is 4. The minimum absolute atomic E-state index is 0.0282. The Labute approximate surface area is 105 Å². The van der Waals surface area contributed by atoms with E-state index in [1.54, 1.807) is 19.2 Å². The highest BCUT2D eigenvalue weighted by Gasteiger charge is 2.14. The third-order valence-electron chi connectivity index (χ3n) is 2.68. The molecule has 1 heterocycles. The summed E-state index contributed by atoms with van der Waals surface area (Å²) in [7, 11) is 0. The van der Waals surface area contributed by atoms with Gasteiger partial charge < -0.3 is 9.84 Å². The van der Waals surface area contributed by atoms with Gasteiger partial charge in [-0.05, 0) is 30.7 Å². The van der Waals surface area contributed by atoms with Crippen LogP contribution in [0.5, 0.6) is 0 Å². The Balaban J connectivity index is 2.17. The van der Waals surface area contributed by atoms with E-state index in [1.807, 2.05) is 24.3 Å². The van der Waals surface area contributed by atoms with Gasteiger partial charge in [0.2, 0.25) is 0 Å². The number of ether oxygens (including phenoxy) is 1. The van der Waals surface area contributed by atoms with Crippen molar-refractivity contribution < 1.29 is 14.6 Å². The van der Waals surface area contributed by atoms with E-state index in [1.165, 1.54) is 0 Å². The molecular weight excluding hydrogens is 230 g/mol. The molecule has 0 aliphatic rings. The van der Waals surface area contributed by atoms with Crippen molar-refractivity contribution >= 4 is 16.9 Å². The molecule has 1 N–H and O–H groups in total. The van der Waals surface area contributed by atoms with Crippen molar-refractivity contribution in [1.29, 1.82) is 0 Å². The summed E-state index contributed by atoms with van der Waals surface area (Å²) in [5.74, 6) is -0.392. The lowest BCUT2D eigenvalue weighted by Gasteiger charge is -2.10. The summed E-state index contributed by atoms with van der Waals surface area (Å²) < 4.78 is 4.81. The van der Waals surface area contributed by atoms with Gasteiger partial charge in [0.1, 0.15) is 0 Å². The highest BCUT2D eigenvalue weighted by atomic mass is 16.5. The Hall–Kier alpha value is -1.94. The highest BCUT2D eigenvalue weighted by Crippen LogP contribution is 2.21. The number of pyridine rings is 1. The predicted molar refractivity (Wildman–Crippen MR) is 68.0 cm³/mol. The molecule has 0 aliphatic carbocycles. The first-order chi connectivity index (χ1) is 8.70. The van der Waals surface area contributed by atoms with Crippen LogP contribution >= 0.6 is 0 Å². The van der Waals surface area contributed by atoms with Crippen molar-refractivity contribution in [3.63, 3.8) is 0 Å². The minimum atomic E-state index is -0.839. The molecule has 2 rings (SSSR count). The highest BCUT2D eigenvalue weighted by molar-refractivity contribution is 5.79. The van der Waals surface area contributed by atoms with Crippen LogP contribution < -0.4 is 0 Å². The Kier molecular flexibility index (Phi) is 3.89. The van der Waals surface area contributed by atoms with Crippen LogP contribution in [-0.4, -0.2) is 22.7 Å². The molecule has 0 saturated carbocycles. The van der Waals surface area contributed by atoms with E-state index in [-0.39, 0.29) is 6.42 Å². The van der Waals surface area contributed by atoms with Gasteiger partial charge in [0, 0.05) is 11.6 Å². The molecule has 4 nitrogen and oxygen atoms in total. The summed E-state index contributed by atoms with van der Waals surface area (Å²) in [6, 6.07) is 9.21. The predicted octanol–water partition coefficient (Wildman–Crippen LogP) is 2.22. The van der Waals surface area contributed by atoms with Crippen molar-refractivity contribution in [1.82, 2.24) is 4.98 Å². The summed E-state index contributed by atoms with van der Waals surface area (Å²) in [6.45, 7) is 2.07. The van der Waals surface area contributed by atoms with Gasteiger partial charge in [-0.2, -0.15) is 0 Å². The summed E-state index contributed by atoms with van der Waals surface area (Å²) in [5, 5.41) is 10.9. The molecule has 0 spiro atoms. The van der Waals surface area contributed by atoms with Crippen LogP contribution in [0.2, 0.25) is 0 Å². The second-order valence-electron chi connectivity index (χ2n) is 3.98. The zero-order chi connectivity index (χ0) is 13.0. The number of nitrogens with zero attached hydrogens (tertiary/aromatic N) is 1. The fourth-order valence-corrected chi connectivity index (χ4v) is 1.80. The quantitative estimate of drug-likeness (QED) is 0.839. The van der Waals surface area contributed by atoms with E-state index in [9.17, 15) is 9.90 Å². The summed E-state index contributed by atoms with van der Waals surface area (Å²) in [5.41, 5.74) is 1.56. The van der Waals surface area contributed by atoms with E-state index in [0.29, 0.717) is 12.2 Å². The molecular formula is C14H15NO3. The molecule has 1 aromatic heterocycles. The number of aromatic nitrogens is 1. The van der Waals surface area contributed by atoms with Gasteiger partial charge in [-0.3, -0.25) is 9.78 Å². The summed E-state index contributed by atoms with van der Waals surface area (Å²) in [6.07, 6.45) is 0.852. The molecule has 0 amide bonds. The molecule has 94 valence electrons. The van der Waals surface area contributed by atoms with Crippen molar-refractivity contribution in [2.45, 2.75) is 19.4 Å². The first-order valence-corrected chi connectivity index (χ1v) is 5.89. The fourth-order valence-electron chi connectivity index (χ4n) is 1.80. The van der Waals surface area contributed by atoms with Crippen molar-refractivity contribution in [3.8, 4) is 0 Å². The first-order valence-electron chi connectivity index (χ1n) is 5.89. The van der Waals surface area contributed by atoms with Crippen molar-refractivity contribution in [2.24, 2.45) is 0 Å². The average Bonchev–Trinajstić information content (AvgIpc) is 2.38. The zero-order valence-corrected chi connectivity index (χ0v) is 10.2. The number of fused-ring (bicyclic) bond motifs is 1. The number of carbonyl (C=O) groups excluding carboxylic acids is 1. The minimum Gasteiger partial charge on any atom is -0.466 e. The van der Waals surface area contributed by atoms with E-state index in [2.05, 4.69) is 4.98 Å². The third kappa shape index (κ3) is 2.84. The lowest BCUT2D eigenvalue weighted by molar-refractivity contribution is -0.145. The second-order valence-corrected chi connectivity index (χ2v) is 3.98. The van der Waals surface area contributed by atoms with E-state index in [4.69, 9.17) is 4.74 Å². The topological polar surface area (TPSA) is 59.4 Å². The number of aliphatic hydroxyl groups is 1. The maximum atomic E-state index is 11.3. The van der Waals surface area contributed by atoms with Crippen LogP contribution in [0.4, 0.5) is 0 Å². The molecule has 18 heavy (non-hydrogen) atoms.